The molecule has 0 saturated heterocycles. The summed E-state index contributed by atoms with van der Waals surface area (Å²) in [7, 11) is 0. The van der Waals surface area contributed by atoms with E-state index in [4.69, 9.17) is 0 Å². The first-order valence-electron chi connectivity index (χ1n) is 24.4. The number of hydrogen-bond donors (Lipinski definition) is 0. The number of rotatable bonds is 12. The zero-order valence-corrected chi connectivity index (χ0v) is 39.6. The topological polar surface area (TPSA) is 3.24 Å². The molecule has 1 heteroatoms. The van der Waals surface area contributed by atoms with Crippen molar-refractivity contribution < 1.29 is 0 Å². The number of fused-ring (bicyclic) bond motifs is 6. The summed E-state index contributed by atoms with van der Waals surface area (Å²) in [5, 5.41) is 0. The van der Waals surface area contributed by atoms with Gasteiger partial charge >= 0.3 is 0 Å². The molecule has 0 amide bonds. The van der Waals surface area contributed by atoms with Crippen LogP contribution in [0.3, 0.4) is 0 Å². The molecule has 0 aliphatic heterocycles. The Morgan fingerprint density at radius 1 is 0.296 bits per heavy atom. The van der Waals surface area contributed by atoms with Gasteiger partial charge in [-0.15, -0.1) is 0 Å². The first-order valence-corrected chi connectivity index (χ1v) is 24.4. The number of benzene rings is 10. The fourth-order valence-electron chi connectivity index (χ4n) is 11.9. The summed E-state index contributed by atoms with van der Waals surface area (Å²) in [6.45, 7) is 16.9. The molecule has 12 rings (SSSR count). The van der Waals surface area contributed by atoms with Crippen molar-refractivity contribution in [2.24, 2.45) is 0 Å². The standard InChI is InChI=1S/C70H51N/c1-5-48-21-16-27-54(43-48)69(55-28-17-22-49(6-2)44-55)64-34-15-13-32-62(64)68-65(69)35-20-36-67(68)71(58-39-37-53(38-40-58)52-25-10-9-11-26-52)59-41-42-61-60-31-12-14-33-63(60)70(66(61)47-59,56-29-18-23-50(7-3)45-56)57-30-19-24-51(8-4)46-57/h5-47H,1-4H2. The van der Waals surface area contributed by atoms with Crippen molar-refractivity contribution >= 4 is 41.4 Å². The summed E-state index contributed by atoms with van der Waals surface area (Å²) >= 11 is 0. The van der Waals surface area contributed by atoms with Crippen LogP contribution in [0.25, 0.3) is 57.7 Å². The molecule has 71 heavy (non-hydrogen) atoms. The average molecular weight is 906 g/mol. The maximum atomic E-state index is 4.22. The molecule has 0 aromatic heterocycles. The van der Waals surface area contributed by atoms with E-state index >= 15 is 0 Å². The number of nitrogens with zero attached hydrogens (tertiary/aromatic N) is 1. The lowest BCUT2D eigenvalue weighted by Crippen LogP contribution is -2.29. The van der Waals surface area contributed by atoms with Gasteiger partial charge in [-0.1, -0.05) is 257 Å². The van der Waals surface area contributed by atoms with E-state index in [0.717, 1.165) is 44.9 Å². The van der Waals surface area contributed by atoms with E-state index in [-0.39, 0.29) is 0 Å². The summed E-state index contributed by atoms with van der Waals surface area (Å²) in [6, 6.07) is 87.4. The van der Waals surface area contributed by atoms with Gasteiger partial charge in [-0.3, -0.25) is 0 Å². The van der Waals surface area contributed by atoms with Gasteiger partial charge in [0.25, 0.3) is 0 Å². The lowest BCUT2D eigenvalue weighted by Gasteiger charge is -2.36. The monoisotopic (exact) mass is 905 g/mol. The van der Waals surface area contributed by atoms with E-state index in [1.54, 1.807) is 0 Å². The average Bonchev–Trinajstić information content (AvgIpc) is 3.92. The third-order valence-corrected chi connectivity index (χ3v) is 15.0. The molecule has 1 nitrogen and oxygen atoms in total. The molecule has 0 bridgehead atoms. The molecular formula is C70H51N. The molecule has 0 fully saturated rings. The van der Waals surface area contributed by atoms with Gasteiger partial charge in [-0.2, -0.15) is 0 Å². The van der Waals surface area contributed by atoms with Gasteiger partial charge < -0.3 is 4.90 Å². The molecule has 336 valence electrons. The number of anilines is 3. The van der Waals surface area contributed by atoms with Crippen LogP contribution in [0.4, 0.5) is 17.1 Å². The van der Waals surface area contributed by atoms with Gasteiger partial charge in [-0.05, 0) is 125 Å². The van der Waals surface area contributed by atoms with Gasteiger partial charge in [0.1, 0.15) is 0 Å². The molecule has 2 aliphatic carbocycles. The highest BCUT2D eigenvalue weighted by Gasteiger charge is 2.49. The highest BCUT2D eigenvalue weighted by atomic mass is 15.1. The SMILES string of the molecule is C=Cc1cccc(C2(c3cccc(C=C)c3)c3ccccc3-c3ccc(N(c4ccc(-c5ccccc5)cc4)c4cccc5c4-c4ccccc4C5(c4cccc(C=C)c4)c4cccc(C=C)c4)cc32)c1. The lowest BCUT2D eigenvalue weighted by atomic mass is 9.67. The summed E-state index contributed by atoms with van der Waals surface area (Å²) < 4.78 is 0. The fraction of sp³-hybridized carbons (Fsp3) is 0.0286. The van der Waals surface area contributed by atoms with Crippen molar-refractivity contribution in [2.45, 2.75) is 10.8 Å². The zero-order chi connectivity index (χ0) is 48.1. The van der Waals surface area contributed by atoms with Crippen LogP contribution in [0, 0.1) is 0 Å². The molecule has 0 saturated carbocycles. The molecule has 0 spiro atoms. The van der Waals surface area contributed by atoms with Crippen LogP contribution in [0.5, 0.6) is 0 Å². The Kier molecular flexibility index (Phi) is 10.7. The maximum Gasteiger partial charge on any atom is 0.0714 e. The minimum Gasteiger partial charge on any atom is -0.310 e. The van der Waals surface area contributed by atoms with Crippen LogP contribution in [0.1, 0.15) is 66.8 Å². The summed E-state index contributed by atoms with van der Waals surface area (Å²) in [6.07, 6.45) is 7.80. The zero-order valence-electron chi connectivity index (χ0n) is 39.6. The van der Waals surface area contributed by atoms with Crippen molar-refractivity contribution in [1.29, 1.82) is 0 Å². The number of hydrogen-bond acceptors (Lipinski definition) is 1. The lowest BCUT2D eigenvalue weighted by molar-refractivity contribution is 0.767. The van der Waals surface area contributed by atoms with Crippen LogP contribution in [0.2, 0.25) is 0 Å². The second kappa shape index (κ2) is 17.5. The van der Waals surface area contributed by atoms with E-state index < -0.39 is 10.8 Å². The van der Waals surface area contributed by atoms with Gasteiger partial charge in [0.15, 0.2) is 0 Å². The van der Waals surface area contributed by atoms with Crippen LogP contribution in [-0.2, 0) is 10.8 Å². The third-order valence-electron chi connectivity index (χ3n) is 15.0. The van der Waals surface area contributed by atoms with Crippen molar-refractivity contribution in [3.05, 3.63) is 330 Å². The minimum atomic E-state index is -0.671. The molecule has 0 radical (unpaired) electrons. The smallest absolute Gasteiger partial charge is 0.0714 e. The molecule has 0 unspecified atom stereocenters. The predicted octanol–water partition coefficient (Wildman–Crippen LogP) is 18.1. The van der Waals surface area contributed by atoms with Gasteiger partial charge in [0, 0.05) is 16.9 Å². The highest BCUT2D eigenvalue weighted by Crippen LogP contribution is 2.61. The van der Waals surface area contributed by atoms with Gasteiger partial charge in [0.05, 0.1) is 16.5 Å². The Morgan fingerprint density at radius 2 is 0.704 bits per heavy atom. The van der Waals surface area contributed by atoms with E-state index in [0.29, 0.717) is 0 Å². The van der Waals surface area contributed by atoms with E-state index in [2.05, 4.69) is 268 Å². The Labute approximate surface area is 418 Å². The van der Waals surface area contributed by atoms with Crippen molar-refractivity contribution in [3.63, 3.8) is 0 Å². The van der Waals surface area contributed by atoms with Crippen LogP contribution in [-0.4, -0.2) is 0 Å². The summed E-state index contributed by atoms with van der Waals surface area (Å²) in [4.78, 5) is 2.50. The van der Waals surface area contributed by atoms with Crippen molar-refractivity contribution in [1.82, 2.24) is 0 Å². The molecule has 10 aromatic carbocycles. The molecule has 0 N–H and O–H groups in total. The quantitative estimate of drug-likeness (QED) is 0.118. The molecular weight excluding hydrogens is 855 g/mol. The largest absolute Gasteiger partial charge is 0.310 e. The third kappa shape index (κ3) is 6.69. The summed E-state index contributed by atoms with van der Waals surface area (Å²) in [5.74, 6) is 0. The van der Waals surface area contributed by atoms with Crippen molar-refractivity contribution in [3.8, 4) is 33.4 Å². The van der Waals surface area contributed by atoms with E-state index in [1.165, 1.54) is 72.3 Å². The summed E-state index contributed by atoms with van der Waals surface area (Å²) in [5.41, 5.74) is 23.0. The Morgan fingerprint density at radius 3 is 1.24 bits per heavy atom. The van der Waals surface area contributed by atoms with E-state index in [9.17, 15) is 0 Å². The van der Waals surface area contributed by atoms with Gasteiger partial charge in [0.2, 0.25) is 0 Å². The molecule has 0 atom stereocenters. The Hall–Kier alpha value is -9.04. The Bertz CT molecular complexity index is 3630. The van der Waals surface area contributed by atoms with Gasteiger partial charge in [-0.25, -0.2) is 0 Å². The molecule has 0 heterocycles. The van der Waals surface area contributed by atoms with Crippen molar-refractivity contribution in [2.75, 3.05) is 4.90 Å². The molecule has 2 aliphatic rings. The normalized spacial score (nSPS) is 13.2. The second-order valence-electron chi connectivity index (χ2n) is 18.6. The van der Waals surface area contributed by atoms with Crippen LogP contribution in [0.15, 0.2) is 263 Å². The first-order chi connectivity index (χ1) is 35.0. The predicted molar refractivity (Wildman–Crippen MR) is 302 cm³/mol. The fourth-order valence-corrected chi connectivity index (χ4v) is 11.9. The maximum absolute atomic E-state index is 4.22. The van der Waals surface area contributed by atoms with Crippen LogP contribution >= 0.6 is 0 Å². The highest BCUT2D eigenvalue weighted by molar-refractivity contribution is 5.99. The molecule has 10 aromatic rings. The minimum absolute atomic E-state index is 0.663. The van der Waals surface area contributed by atoms with Crippen LogP contribution < -0.4 is 4.90 Å². The first kappa shape index (κ1) is 43.3. The second-order valence-corrected chi connectivity index (χ2v) is 18.6. The van der Waals surface area contributed by atoms with E-state index in [1.807, 2.05) is 24.3 Å². The Balaban J connectivity index is 1.17.